The van der Waals surface area contributed by atoms with Gasteiger partial charge in [0, 0.05) is 52.4 Å². The van der Waals surface area contributed by atoms with Gasteiger partial charge in [0.05, 0.1) is 30.8 Å². The van der Waals surface area contributed by atoms with E-state index in [1.54, 1.807) is 0 Å². The first-order chi connectivity index (χ1) is 11.9. The third-order valence-corrected chi connectivity index (χ3v) is 5.11. The maximum absolute atomic E-state index is 5.41. The van der Waals surface area contributed by atoms with Crippen LogP contribution in [0.4, 0.5) is 0 Å². The molecule has 0 radical (unpaired) electrons. The van der Waals surface area contributed by atoms with E-state index in [9.17, 15) is 0 Å². The highest BCUT2D eigenvalue weighted by Gasteiger charge is 2.19. The number of morpholine rings is 1. The molecule has 24 heavy (non-hydrogen) atoms. The van der Waals surface area contributed by atoms with E-state index < -0.39 is 0 Å². The number of para-hydroxylation sites is 2. The van der Waals surface area contributed by atoms with Gasteiger partial charge in [-0.1, -0.05) is 12.1 Å². The molecule has 0 unspecified atom stereocenters. The highest BCUT2D eigenvalue weighted by atomic mass is 16.5. The molecule has 2 aliphatic rings. The van der Waals surface area contributed by atoms with Gasteiger partial charge in [0.25, 0.3) is 0 Å². The molecular formula is C18H27N5O. The first kappa shape index (κ1) is 16.0. The van der Waals surface area contributed by atoms with Crippen LogP contribution in [-0.2, 0) is 11.3 Å². The number of H-pyrrole nitrogens is 1. The van der Waals surface area contributed by atoms with Crippen molar-refractivity contribution in [2.45, 2.75) is 6.54 Å². The van der Waals surface area contributed by atoms with Crippen molar-refractivity contribution in [2.75, 3.05) is 65.6 Å². The Bertz CT molecular complexity index is 611. The number of nitrogens with one attached hydrogen (secondary N) is 1. The zero-order chi connectivity index (χ0) is 16.2. The number of fused-ring (bicyclic) bond motifs is 1. The van der Waals surface area contributed by atoms with E-state index in [2.05, 4.69) is 37.9 Å². The number of imidazole rings is 1. The van der Waals surface area contributed by atoms with Gasteiger partial charge in [0.2, 0.25) is 0 Å². The third-order valence-electron chi connectivity index (χ3n) is 5.11. The number of benzene rings is 1. The molecule has 0 saturated carbocycles. The van der Waals surface area contributed by atoms with Crippen LogP contribution in [0.5, 0.6) is 0 Å². The molecule has 130 valence electrons. The fourth-order valence-electron chi connectivity index (χ4n) is 3.57. The van der Waals surface area contributed by atoms with Crippen molar-refractivity contribution >= 4 is 11.0 Å². The third kappa shape index (κ3) is 3.95. The largest absolute Gasteiger partial charge is 0.379 e. The van der Waals surface area contributed by atoms with Crippen molar-refractivity contribution in [3.8, 4) is 0 Å². The van der Waals surface area contributed by atoms with E-state index in [4.69, 9.17) is 9.72 Å². The van der Waals surface area contributed by atoms with Crippen LogP contribution in [0.3, 0.4) is 0 Å². The molecule has 2 saturated heterocycles. The van der Waals surface area contributed by atoms with Crippen molar-refractivity contribution in [1.82, 2.24) is 24.7 Å². The highest BCUT2D eigenvalue weighted by Crippen LogP contribution is 2.13. The van der Waals surface area contributed by atoms with Crippen molar-refractivity contribution in [2.24, 2.45) is 0 Å². The van der Waals surface area contributed by atoms with Crippen LogP contribution in [0.2, 0.25) is 0 Å². The van der Waals surface area contributed by atoms with Gasteiger partial charge in [-0.05, 0) is 12.1 Å². The molecule has 0 aliphatic carbocycles. The van der Waals surface area contributed by atoms with Gasteiger partial charge in [-0.15, -0.1) is 0 Å². The van der Waals surface area contributed by atoms with Gasteiger partial charge in [0.15, 0.2) is 0 Å². The molecule has 0 amide bonds. The molecule has 6 nitrogen and oxygen atoms in total. The zero-order valence-corrected chi connectivity index (χ0v) is 14.3. The van der Waals surface area contributed by atoms with E-state index in [0.29, 0.717) is 0 Å². The molecular weight excluding hydrogens is 302 g/mol. The normalized spacial score (nSPS) is 21.5. The van der Waals surface area contributed by atoms with Gasteiger partial charge < -0.3 is 9.72 Å². The van der Waals surface area contributed by atoms with E-state index in [0.717, 1.165) is 75.9 Å². The molecule has 0 atom stereocenters. The van der Waals surface area contributed by atoms with Gasteiger partial charge in [-0.2, -0.15) is 0 Å². The first-order valence-corrected chi connectivity index (χ1v) is 9.05. The second kappa shape index (κ2) is 7.61. The Hall–Kier alpha value is -1.47. The van der Waals surface area contributed by atoms with E-state index in [1.165, 1.54) is 13.1 Å². The van der Waals surface area contributed by atoms with Crippen LogP contribution in [0, 0.1) is 0 Å². The lowest BCUT2D eigenvalue weighted by Crippen LogP contribution is -2.49. The Morgan fingerprint density at radius 3 is 2.29 bits per heavy atom. The molecule has 1 N–H and O–H groups in total. The molecule has 0 spiro atoms. The minimum Gasteiger partial charge on any atom is -0.379 e. The number of ether oxygens (including phenoxy) is 1. The summed E-state index contributed by atoms with van der Waals surface area (Å²) in [5.74, 6) is 1.08. The highest BCUT2D eigenvalue weighted by molar-refractivity contribution is 5.74. The van der Waals surface area contributed by atoms with Crippen LogP contribution in [0.15, 0.2) is 24.3 Å². The lowest BCUT2D eigenvalue weighted by atomic mass is 10.3. The lowest BCUT2D eigenvalue weighted by Gasteiger charge is -2.36. The monoisotopic (exact) mass is 329 g/mol. The van der Waals surface area contributed by atoms with Gasteiger partial charge in [-0.25, -0.2) is 4.98 Å². The standard InChI is InChI=1S/C18H27N5O/c1-2-4-17-16(3-1)19-18(20-17)15-23-9-7-21(8-10-23)5-6-22-11-13-24-14-12-22/h1-4H,5-15H2,(H,19,20). The minimum atomic E-state index is 0.894. The fourth-order valence-corrected chi connectivity index (χ4v) is 3.57. The summed E-state index contributed by atoms with van der Waals surface area (Å²) < 4.78 is 5.41. The van der Waals surface area contributed by atoms with Crippen molar-refractivity contribution in [3.63, 3.8) is 0 Å². The average Bonchev–Trinajstić information content (AvgIpc) is 3.04. The predicted octanol–water partition coefficient (Wildman–Crippen LogP) is 1.01. The number of hydrogen-bond donors (Lipinski definition) is 1. The number of rotatable bonds is 5. The molecule has 6 heteroatoms. The summed E-state index contributed by atoms with van der Waals surface area (Å²) in [6.07, 6.45) is 0. The quantitative estimate of drug-likeness (QED) is 0.887. The first-order valence-electron chi connectivity index (χ1n) is 9.05. The van der Waals surface area contributed by atoms with Gasteiger partial charge in [0.1, 0.15) is 5.82 Å². The molecule has 4 rings (SSSR count). The van der Waals surface area contributed by atoms with E-state index in [-0.39, 0.29) is 0 Å². The summed E-state index contributed by atoms with van der Waals surface area (Å²) in [5.41, 5.74) is 2.20. The fraction of sp³-hybridized carbons (Fsp3) is 0.611. The number of piperazine rings is 1. The summed E-state index contributed by atoms with van der Waals surface area (Å²) >= 11 is 0. The van der Waals surface area contributed by atoms with Crippen LogP contribution in [-0.4, -0.2) is 90.2 Å². The Balaban J connectivity index is 1.22. The Labute approximate surface area is 143 Å². The molecule has 2 aliphatic heterocycles. The number of hydrogen-bond acceptors (Lipinski definition) is 5. The van der Waals surface area contributed by atoms with E-state index >= 15 is 0 Å². The Morgan fingerprint density at radius 1 is 0.875 bits per heavy atom. The Kier molecular flexibility index (Phi) is 5.08. The maximum atomic E-state index is 5.41. The van der Waals surface area contributed by atoms with Crippen LogP contribution < -0.4 is 0 Å². The van der Waals surface area contributed by atoms with Crippen molar-refractivity contribution in [1.29, 1.82) is 0 Å². The maximum Gasteiger partial charge on any atom is 0.121 e. The zero-order valence-electron chi connectivity index (χ0n) is 14.3. The molecule has 1 aromatic heterocycles. The van der Waals surface area contributed by atoms with Crippen molar-refractivity contribution in [3.05, 3.63) is 30.1 Å². The molecule has 1 aromatic carbocycles. The van der Waals surface area contributed by atoms with Crippen LogP contribution in [0.25, 0.3) is 11.0 Å². The molecule has 3 heterocycles. The summed E-state index contributed by atoms with van der Waals surface area (Å²) in [5, 5.41) is 0. The summed E-state index contributed by atoms with van der Waals surface area (Å²) in [7, 11) is 0. The van der Waals surface area contributed by atoms with Crippen LogP contribution in [0.1, 0.15) is 5.82 Å². The average molecular weight is 329 g/mol. The predicted molar refractivity (Wildman–Crippen MR) is 95.1 cm³/mol. The van der Waals surface area contributed by atoms with Gasteiger partial charge in [-0.3, -0.25) is 14.7 Å². The van der Waals surface area contributed by atoms with Crippen LogP contribution >= 0.6 is 0 Å². The minimum absolute atomic E-state index is 0.894. The summed E-state index contributed by atoms with van der Waals surface area (Å²) in [6.45, 7) is 11.8. The number of aromatic nitrogens is 2. The lowest BCUT2D eigenvalue weighted by molar-refractivity contribution is 0.0296. The topological polar surface area (TPSA) is 47.6 Å². The molecule has 0 bridgehead atoms. The molecule has 2 fully saturated rings. The number of nitrogens with zero attached hydrogens (tertiary/aromatic N) is 4. The summed E-state index contributed by atoms with van der Waals surface area (Å²) in [6, 6.07) is 8.26. The SMILES string of the molecule is c1ccc2[nH]c(CN3CCN(CCN4CCOCC4)CC3)nc2c1. The summed E-state index contributed by atoms with van der Waals surface area (Å²) in [4.78, 5) is 15.7. The molecule has 2 aromatic rings. The second-order valence-electron chi connectivity index (χ2n) is 6.77. The van der Waals surface area contributed by atoms with Crippen molar-refractivity contribution < 1.29 is 4.74 Å². The smallest absolute Gasteiger partial charge is 0.121 e. The van der Waals surface area contributed by atoms with Gasteiger partial charge >= 0.3 is 0 Å². The Morgan fingerprint density at radius 2 is 1.54 bits per heavy atom. The van der Waals surface area contributed by atoms with E-state index in [1.807, 2.05) is 6.07 Å². The number of aromatic amines is 1. The second-order valence-corrected chi connectivity index (χ2v) is 6.77.